The number of rotatable bonds is 50. The van der Waals surface area contributed by atoms with E-state index in [4.69, 9.17) is 48.7 Å². The predicted octanol–water partition coefficient (Wildman–Crippen LogP) is -11.1. The van der Waals surface area contributed by atoms with Gasteiger partial charge in [0, 0.05) is 71.6 Å². The highest BCUT2D eigenvalue weighted by Gasteiger charge is 2.48. The summed E-state index contributed by atoms with van der Waals surface area (Å²) in [5, 5.41) is 182. The van der Waals surface area contributed by atoms with Gasteiger partial charge in [-0.3, -0.25) is 38.5 Å². The number of aliphatic hydroxyl groups excluding tert-OH is 16. The Bertz CT molecular complexity index is 2220. The Labute approximate surface area is 589 Å². The van der Waals surface area contributed by atoms with Gasteiger partial charge < -0.3 is 162 Å². The minimum absolute atomic E-state index is 0.0438. The number of carboxylic acids is 1. The zero-order valence-corrected chi connectivity index (χ0v) is 57.3. The van der Waals surface area contributed by atoms with E-state index in [1.165, 1.54) is 14.7 Å². The number of ether oxygens (including phenoxy) is 8. The summed E-state index contributed by atoms with van der Waals surface area (Å²) in [6, 6.07) is -0.970. The highest BCUT2D eigenvalue weighted by Crippen LogP contribution is 2.26. The van der Waals surface area contributed by atoms with Crippen molar-refractivity contribution in [2.24, 2.45) is 5.73 Å². The molecule has 0 saturated carbocycles. The van der Waals surface area contributed by atoms with E-state index < -0.39 is 204 Å². The van der Waals surface area contributed by atoms with Gasteiger partial charge in [0.15, 0.2) is 25.2 Å². The number of nitrogens with two attached hydrogens (primary N) is 1. The molecule has 2 unspecified atom stereocenters. The van der Waals surface area contributed by atoms with Gasteiger partial charge in [0.2, 0.25) is 35.4 Å². The molecule has 4 heterocycles. The Balaban J connectivity index is 1.29. The number of nitrogens with one attached hydrogen (secondary N) is 4. The van der Waals surface area contributed by atoms with Crippen LogP contribution in [0.15, 0.2) is 0 Å². The molecule has 23 N–H and O–H groups in total. The lowest BCUT2D eigenvalue weighted by Crippen LogP contribution is -2.59. The summed E-state index contributed by atoms with van der Waals surface area (Å²) in [4.78, 5) is 94.5. The number of unbranched alkanes of at least 4 members (excludes halogenated alkanes) is 7. The molecule has 4 fully saturated rings. The van der Waals surface area contributed by atoms with Gasteiger partial charge in [-0.05, 0) is 57.8 Å². The molecule has 4 aliphatic rings. The molecule has 0 aliphatic carbocycles. The topological polar surface area (TPSA) is 621 Å². The van der Waals surface area contributed by atoms with E-state index in [0.717, 1.165) is 0 Å². The number of carbonyl (C=O) groups excluding carboxylic acids is 6. The molecule has 6 amide bonds. The Morgan fingerprint density at radius 3 is 0.892 bits per heavy atom. The lowest BCUT2D eigenvalue weighted by molar-refractivity contribution is -0.303. The van der Waals surface area contributed by atoms with E-state index >= 15 is 0 Å². The van der Waals surface area contributed by atoms with Gasteiger partial charge in [-0.1, -0.05) is 19.3 Å². The van der Waals surface area contributed by atoms with Crippen LogP contribution in [0.2, 0.25) is 0 Å². The maximum atomic E-state index is 13.6. The fraction of sp³-hybridized carbons (Fsp3) is 0.887. The van der Waals surface area contributed by atoms with Crippen molar-refractivity contribution < 1.29 is 158 Å². The molecule has 0 aromatic carbocycles. The summed E-state index contributed by atoms with van der Waals surface area (Å²) in [5.41, 5.74) is 5.51. The fourth-order valence-electron chi connectivity index (χ4n) is 11.3. The molecule has 102 heavy (non-hydrogen) atoms. The van der Waals surface area contributed by atoms with E-state index in [-0.39, 0.29) is 110 Å². The lowest BCUT2D eigenvalue weighted by atomic mass is 9.99. The second-order valence-electron chi connectivity index (χ2n) is 25.5. The van der Waals surface area contributed by atoms with Crippen LogP contribution in [0.25, 0.3) is 0 Å². The van der Waals surface area contributed by atoms with Crippen LogP contribution in [0.4, 0.5) is 0 Å². The summed E-state index contributed by atoms with van der Waals surface area (Å²) < 4.78 is 44.0. The van der Waals surface area contributed by atoms with E-state index in [2.05, 4.69) is 21.3 Å². The first-order valence-corrected chi connectivity index (χ1v) is 34.7. The molecule has 40 nitrogen and oxygen atoms in total. The van der Waals surface area contributed by atoms with E-state index in [1.54, 1.807) is 0 Å². The average molecular weight is 1480 g/mol. The van der Waals surface area contributed by atoms with E-state index in [9.17, 15) is 115 Å². The number of hydrogen-bond donors (Lipinski definition) is 22. The summed E-state index contributed by atoms with van der Waals surface area (Å²) in [6.07, 6.45) is -26.2. The molecule has 0 spiro atoms. The van der Waals surface area contributed by atoms with Crippen molar-refractivity contribution in [2.45, 2.75) is 225 Å². The molecule has 0 radical (unpaired) electrons. The molecular weight excluding hydrogens is 1370 g/mol. The van der Waals surface area contributed by atoms with Gasteiger partial charge in [-0.25, -0.2) is 0 Å². The number of carbonyl (C=O) groups is 7. The number of aliphatic carboxylic acids is 1. The van der Waals surface area contributed by atoms with Crippen LogP contribution < -0.4 is 27.0 Å². The third kappa shape index (κ3) is 30.6. The normalized spacial score (nSPS) is 29.9. The Morgan fingerprint density at radius 2 is 0.618 bits per heavy atom. The zero-order valence-electron chi connectivity index (χ0n) is 57.3. The third-order valence-electron chi connectivity index (χ3n) is 17.5. The van der Waals surface area contributed by atoms with Crippen LogP contribution in [0.1, 0.15) is 96.3 Å². The van der Waals surface area contributed by atoms with Crippen molar-refractivity contribution in [2.75, 3.05) is 125 Å². The highest BCUT2D eigenvalue weighted by molar-refractivity contribution is 5.84. The van der Waals surface area contributed by atoms with Crippen molar-refractivity contribution in [1.29, 1.82) is 0 Å². The van der Waals surface area contributed by atoms with Gasteiger partial charge in [0.25, 0.3) is 0 Å². The standard InChI is InChI=1S/C62H112N8O32/c63-35(58(93)94)12-7-11-19-64-40(75)13-4-1-8-16-65-41(76)28-68(29-42(77)66-17-9-2-5-14-44(79)69(20-24-95-59-54(89)50(85)46(81)36(31-71)99-59)21-25-96-60-55(90)51(86)47(82)37(32-72)100-60)30-43(78)67-18-10-3-6-15-45(80)70(22-26-97-61-56(91)52(87)48(83)38(33-73)101-61)23-27-98-62-57(92)53(88)49(84)39(34-74)102-62/h35-39,46-57,59-62,71-74,81-92H,1-34,63H2,(H,64,75)(H,65,76)(H,66,77)(H,67,78)(H,93,94)/t35-,36+,37+,38+,39+,46+,47+,48+,49+,50-,51-,52-,53-,54-,55-,56-,57-,59-,60?,61-,62?/m0/s1. The Kier molecular flexibility index (Phi) is 42.6. The fourth-order valence-corrected chi connectivity index (χ4v) is 11.3. The van der Waals surface area contributed by atoms with Gasteiger partial charge in [-0.2, -0.15) is 0 Å². The van der Waals surface area contributed by atoms with E-state index in [1.807, 2.05) is 0 Å². The Hall–Kier alpha value is -4.75. The summed E-state index contributed by atoms with van der Waals surface area (Å²) >= 11 is 0. The number of carboxylic acid groups (broad SMARTS) is 1. The molecular formula is C62H112N8O32. The maximum Gasteiger partial charge on any atom is 0.320 e. The second kappa shape index (κ2) is 48.5. The molecule has 40 heteroatoms. The number of hydrogen-bond acceptors (Lipinski definition) is 33. The van der Waals surface area contributed by atoms with Crippen LogP contribution in [0.5, 0.6) is 0 Å². The largest absolute Gasteiger partial charge is 0.480 e. The van der Waals surface area contributed by atoms with Gasteiger partial charge in [0.1, 0.15) is 104 Å². The average Bonchev–Trinajstić information content (AvgIpc) is 0.841. The Morgan fingerprint density at radius 1 is 0.353 bits per heavy atom. The van der Waals surface area contributed by atoms with Crippen molar-refractivity contribution in [1.82, 2.24) is 36.0 Å². The quantitative estimate of drug-likeness (QED) is 0.0252. The molecule has 0 aromatic rings. The first kappa shape index (κ1) is 89.6. The van der Waals surface area contributed by atoms with Crippen molar-refractivity contribution >= 4 is 41.4 Å². The van der Waals surface area contributed by atoms with Crippen LogP contribution >= 0.6 is 0 Å². The first-order chi connectivity index (χ1) is 48.7. The highest BCUT2D eigenvalue weighted by atomic mass is 16.7. The second-order valence-corrected chi connectivity index (χ2v) is 25.5. The summed E-state index contributed by atoms with van der Waals surface area (Å²) in [7, 11) is 0. The predicted molar refractivity (Wildman–Crippen MR) is 345 cm³/mol. The van der Waals surface area contributed by atoms with Gasteiger partial charge in [-0.15, -0.1) is 0 Å². The molecule has 21 atom stereocenters. The summed E-state index contributed by atoms with van der Waals surface area (Å²) in [5.74, 6) is -3.72. The van der Waals surface area contributed by atoms with Crippen LogP contribution in [0.3, 0.4) is 0 Å². The van der Waals surface area contributed by atoms with Gasteiger partial charge >= 0.3 is 5.97 Å². The van der Waals surface area contributed by atoms with Crippen molar-refractivity contribution in [3.05, 3.63) is 0 Å². The molecule has 0 bridgehead atoms. The van der Waals surface area contributed by atoms with Crippen LogP contribution in [-0.2, 0) is 71.5 Å². The minimum Gasteiger partial charge on any atom is -0.480 e. The van der Waals surface area contributed by atoms with Crippen LogP contribution in [0, 0.1) is 0 Å². The number of amides is 6. The van der Waals surface area contributed by atoms with Crippen molar-refractivity contribution in [3.8, 4) is 0 Å². The van der Waals surface area contributed by atoms with Crippen molar-refractivity contribution in [3.63, 3.8) is 0 Å². The minimum atomic E-state index is -1.73. The first-order valence-electron chi connectivity index (χ1n) is 34.7. The molecule has 0 aromatic heterocycles. The number of aliphatic hydroxyl groups is 16. The van der Waals surface area contributed by atoms with Crippen LogP contribution in [-0.4, -0.2) is 397 Å². The molecule has 4 aliphatic heterocycles. The molecule has 592 valence electrons. The SMILES string of the molecule is N[C@@H](CCCCNC(=O)CCCCCNC(=O)CN(CC(=O)NCCCCCC(=O)N(CCOC1O[C@H](CO)[C@@H](O)[C@H](O)[C@@H]1O)CCO[C@H]1O[C@H](CO)[C@@H](O)[C@H](O)[C@@H]1O)CC(=O)NCCCCCC(=O)N(CCOC1O[C@H](CO)[C@@H](O)[C@H](O)[C@@H]1O)CCO[C@H]1O[C@H](CO)[C@@H](O)[C@H](O)[C@@H]1O)C(=O)O. The smallest absolute Gasteiger partial charge is 0.320 e. The van der Waals surface area contributed by atoms with E-state index in [0.29, 0.717) is 77.2 Å². The van der Waals surface area contributed by atoms with Gasteiger partial charge in [0.05, 0.1) is 72.5 Å². The lowest BCUT2D eigenvalue weighted by Gasteiger charge is -2.40. The maximum absolute atomic E-state index is 13.6. The molecule has 4 rings (SSSR count). The number of nitrogens with zero attached hydrogens (tertiary/aromatic N) is 3. The zero-order chi connectivity index (χ0) is 75.4. The third-order valence-corrected chi connectivity index (χ3v) is 17.5. The molecule has 4 saturated heterocycles. The summed E-state index contributed by atoms with van der Waals surface area (Å²) in [6.45, 7) is -4.99. The monoisotopic (exact) mass is 1480 g/mol.